The third-order valence-electron chi connectivity index (χ3n) is 5.24. The smallest absolute Gasteiger partial charge is 0.311 e. The van der Waals surface area contributed by atoms with Crippen LogP contribution in [-0.2, 0) is 4.79 Å². The van der Waals surface area contributed by atoms with Crippen molar-refractivity contribution in [3.05, 3.63) is 103 Å². The molecule has 0 atom stereocenters. The molecule has 0 unspecified atom stereocenters. The number of rotatable bonds is 9. The average Bonchev–Trinajstić information content (AvgIpc) is 2.91. The maximum atomic E-state index is 13.0. The van der Waals surface area contributed by atoms with E-state index in [0.717, 1.165) is 18.2 Å². The normalized spacial score (nSPS) is 11.4. The van der Waals surface area contributed by atoms with Crippen LogP contribution in [0.4, 0.5) is 11.4 Å². The Morgan fingerprint density at radius 2 is 1.62 bits per heavy atom. The van der Waals surface area contributed by atoms with Gasteiger partial charge in [-0.25, -0.2) is 5.43 Å². The fraction of sp³-hybridized carbons (Fsp3) is 0.0800. The van der Waals surface area contributed by atoms with Gasteiger partial charge in [0, 0.05) is 29.3 Å². The van der Waals surface area contributed by atoms with E-state index >= 15 is 0 Å². The Morgan fingerprint density at radius 3 is 2.23 bits per heavy atom. The predicted octanol–water partition coefficient (Wildman–Crippen LogP) is 3.23. The summed E-state index contributed by atoms with van der Waals surface area (Å²) in [6, 6.07) is 13.5. The lowest BCUT2D eigenvalue weighted by Crippen LogP contribution is -2.33. The third kappa shape index (κ3) is 6.71. The molecule has 14 heteroatoms. The monoisotopic (exact) mass is 535 g/mol. The van der Waals surface area contributed by atoms with Gasteiger partial charge in [-0.05, 0) is 36.8 Å². The van der Waals surface area contributed by atoms with Gasteiger partial charge in [-0.15, -0.1) is 0 Å². The van der Waals surface area contributed by atoms with Crippen LogP contribution in [-0.4, -0.2) is 44.7 Å². The molecule has 3 rings (SSSR count). The van der Waals surface area contributed by atoms with Crippen molar-refractivity contribution < 1.29 is 34.4 Å². The molecule has 0 aliphatic carbocycles. The number of ether oxygens (including phenoxy) is 1. The Labute approximate surface area is 220 Å². The zero-order valence-corrected chi connectivity index (χ0v) is 20.4. The zero-order valence-electron chi connectivity index (χ0n) is 20.4. The molecule has 3 aromatic carbocycles. The molecule has 14 nitrogen and oxygen atoms in total. The van der Waals surface area contributed by atoms with Gasteiger partial charge in [0.15, 0.2) is 11.5 Å². The van der Waals surface area contributed by atoms with Crippen LogP contribution in [0.2, 0.25) is 0 Å². The number of carbonyl (C=O) groups is 2. The summed E-state index contributed by atoms with van der Waals surface area (Å²) < 4.78 is 4.98. The van der Waals surface area contributed by atoms with Crippen molar-refractivity contribution >= 4 is 35.0 Å². The van der Waals surface area contributed by atoms with Crippen molar-refractivity contribution in [1.29, 1.82) is 0 Å². The molecule has 200 valence electrons. The van der Waals surface area contributed by atoms with Crippen LogP contribution in [0.3, 0.4) is 0 Å². The molecule has 0 saturated heterocycles. The largest absolute Gasteiger partial charge is 0.507 e. The lowest BCUT2D eigenvalue weighted by atomic mass is 10.1. The molecule has 0 saturated carbocycles. The van der Waals surface area contributed by atoms with E-state index in [1.807, 2.05) is 0 Å². The van der Waals surface area contributed by atoms with Gasteiger partial charge in [0.2, 0.25) is 0 Å². The minimum Gasteiger partial charge on any atom is -0.507 e. The van der Waals surface area contributed by atoms with Crippen LogP contribution in [0.1, 0.15) is 28.4 Å². The zero-order chi connectivity index (χ0) is 28.7. The SMILES string of the molecule is COc1ccc(C=C(NC(=O)c2ccccc2)C(=O)N/N=C(\C)c2cc([N+](=O)[O-])c(O)cc2O)cc1[N+](=O)[O-]. The molecule has 3 aromatic rings. The van der Waals surface area contributed by atoms with Crippen molar-refractivity contribution in [3.63, 3.8) is 0 Å². The van der Waals surface area contributed by atoms with E-state index in [-0.39, 0.29) is 39.5 Å². The van der Waals surface area contributed by atoms with Gasteiger partial charge in [-0.2, -0.15) is 5.10 Å². The Morgan fingerprint density at radius 1 is 0.949 bits per heavy atom. The van der Waals surface area contributed by atoms with Gasteiger partial charge in [-0.3, -0.25) is 29.8 Å². The van der Waals surface area contributed by atoms with Crippen LogP contribution in [0.25, 0.3) is 6.08 Å². The number of phenolic OH excluding ortho intramolecular Hbond substituents is 2. The van der Waals surface area contributed by atoms with Crippen molar-refractivity contribution in [2.45, 2.75) is 6.92 Å². The minimum absolute atomic E-state index is 0.0144. The van der Waals surface area contributed by atoms with Crippen molar-refractivity contribution in [1.82, 2.24) is 10.7 Å². The fourth-order valence-corrected chi connectivity index (χ4v) is 3.31. The Bertz CT molecular complexity index is 1520. The number of nitrogens with zero attached hydrogens (tertiary/aromatic N) is 3. The summed E-state index contributed by atoms with van der Waals surface area (Å²) in [7, 11) is 1.26. The second-order valence-electron chi connectivity index (χ2n) is 7.82. The van der Waals surface area contributed by atoms with Gasteiger partial charge in [0.05, 0.1) is 22.7 Å². The Balaban J connectivity index is 1.98. The number of phenols is 2. The van der Waals surface area contributed by atoms with E-state index < -0.39 is 38.8 Å². The number of aromatic hydroxyl groups is 2. The highest BCUT2D eigenvalue weighted by molar-refractivity contribution is 6.07. The third-order valence-corrected chi connectivity index (χ3v) is 5.24. The van der Waals surface area contributed by atoms with Crippen molar-refractivity contribution in [2.75, 3.05) is 7.11 Å². The standard InChI is InChI=1S/C25H21N5O9/c1-14(17-12-19(29(35)36)22(32)13-21(17)31)27-28-25(34)18(26-24(33)16-6-4-3-5-7-16)10-15-8-9-23(39-2)20(11-15)30(37)38/h3-13,31-32H,1-2H3,(H,26,33)(H,28,34)/b18-10?,27-14+. The topological polar surface area (TPSA) is 207 Å². The summed E-state index contributed by atoms with van der Waals surface area (Å²) in [6.07, 6.45) is 1.18. The van der Waals surface area contributed by atoms with Crippen LogP contribution in [0.5, 0.6) is 17.2 Å². The Hall–Kier alpha value is -5.79. The predicted molar refractivity (Wildman–Crippen MR) is 138 cm³/mol. The lowest BCUT2D eigenvalue weighted by Gasteiger charge is -2.11. The fourth-order valence-electron chi connectivity index (χ4n) is 3.31. The number of benzene rings is 3. The molecule has 0 aromatic heterocycles. The number of methoxy groups -OCH3 is 1. The van der Waals surface area contributed by atoms with E-state index in [1.165, 1.54) is 44.4 Å². The van der Waals surface area contributed by atoms with Gasteiger partial charge in [0.1, 0.15) is 11.4 Å². The summed E-state index contributed by atoms with van der Waals surface area (Å²) in [5.41, 5.74) is 0.930. The molecular formula is C25H21N5O9. The van der Waals surface area contributed by atoms with E-state index in [1.54, 1.807) is 18.2 Å². The highest BCUT2D eigenvalue weighted by Gasteiger charge is 2.21. The molecule has 0 spiro atoms. The summed E-state index contributed by atoms with van der Waals surface area (Å²) in [4.78, 5) is 46.8. The first-order valence-corrected chi connectivity index (χ1v) is 11.0. The molecular weight excluding hydrogens is 514 g/mol. The number of hydrazone groups is 1. The first-order valence-electron chi connectivity index (χ1n) is 11.0. The number of hydrogen-bond acceptors (Lipinski definition) is 10. The summed E-state index contributed by atoms with van der Waals surface area (Å²) in [6.45, 7) is 1.33. The minimum atomic E-state index is -0.954. The van der Waals surface area contributed by atoms with E-state index in [0.29, 0.717) is 0 Å². The molecule has 0 heterocycles. The number of nitrogens with one attached hydrogen (secondary N) is 2. The Kier molecular flexibility index (Phi) is 8.53. The van der Waals surface area contributed by atoms with Crippen LogP contribution >= 0.6 is 0 Å². The molecule has 0 fully saturated rings. The highest BCUT2D eigenvalue weighted by atomic mass is 16.6. The average molecular weight is 535 g/mol. The number of nitro benzene ring substituents is 2. The quantitative estimate of drug-likeness (QED) is 0.137. The molecule has 0 bridgehead atoms. The molecule has 0 aliphatic heterocycles. The number of carbonyl (C=O) groups excluding carboxylic acids is 2. The molecule has 0 aliphatic rings. The van der Waals surface area contributed by atoms with Crippen molar-refractivity contribution in [2.24, 2.45) is 5.10 Å². The maximum Gasteiger partial charge on any atom is 0.311 e. The van der Waals surface area contributed by atoms with Gasteiger partial charge in [0.25, 0.3) is 11.8 Å². The van der Waals surface area contributed by atoms with E-state index in [4.69, 9.17) is 4.74 Å². The number of hydrogen-bond donors (Lipinski definition) is 4. The van der Waals surface area contributed by atoms with Gasteiger partial charge < -0.3 is 20.3 Å². The molecule has 39 heavy (non-hydrogen) atoms. The second kappa shape index (κ2) is 12.0. The lowest BCUT2D eigenvalue weighted by molar-refractivity contribution is -0.386. The summed E-state index contributed by atoms with van der Waals surface area (Å²) in [5, 5.41) is 48.5. The first kappa shape index (κ1) is 27.8. The highest BCUT2D eigenvalue weighted by Crippen LogP contribution is 2.33. The summed E-state index contributed by atoms with van der Waals surface area (Å²) >= 11 is 0. The molecule has 2 amide bonds. The number of amides is 2. The van der Waals surface area contributed by atoms with Crippen LogP contribution in [0.15, 0.2) is 71.5 Å². The summed E-state index contributed by atoms with van der Waals surface area (Å²) in [5.74, 6) is -2.93. The van der Waals surface area contributed by atoms with Crippen molar-refractivity contribution in [3.8, 4) is 17.2 Å². The molecule has 4 N–H and O–H groups in total. The van der Waals surface area contributed by atoms with E-state index in [9.17, 15) is 40.0 Å². The van der Waals surface area contributed by atoms with Gasteiger partial charge >= 0.3 is 11.4 Å². The second-order valence-corrected chi connectivity index (χ2v) is 7.82. The first-order chi connectivity index (χ1) is 18.5. The number of nitro groups is 2. The van der Waals surface area contributed by atoms with Crippen LogP contribution < -0.4 is 15.5 Å². The van der Waals surface area contributed by atoms with Gasteiger partial charge in [-0.1, -0.05) is 24.3 Å². The molecule has 0 radical (unpaired) electrons. The van der Waals surface area contributed by atoms with Crippen LogP contribution in [0, 0.1) is 20.2 Å². The maximum absolute atomic E-state index is 13.0. The van der Waals surface area contributed by atoms with E-state index in [2.05, 4.69) is 15.8 Å².